The summed E-state index contributed by atoms with van der Waals surface area (Å²) in [4.78, 5) is 2.23. The van der Waals surface area contributed by atoms with Gasteiger partial charge >= 0.3 is 0 Å². The molecule has 1 aromatic carbocycles. The summed E-state index contributed by atoms with van der Waals surface area (Å²) in [6.07, 6.45) is 2.33. The molecule has 1 unspecified atom stereocenters. The first-order valence-corrected chi connectivity index (χ1v) is 7.06. The standard InChI is InChI=1S/C13H16ClN5/c14-9-11-5-4-8-18(10-11)13-15-16-17-19(13)12-6-2-1-3-7-12/h1-3,6-7,11H,4-5,8-10H2. The van der Waals surface area contributed by atoms with E-state index in [0.29, 0.717) is 11.8 Å². The Morgan fingerprint density at radius 1 is 1.26 bits per heavy atom. The van der Waals surface area contributed by atoms with Gasteiger partial charge in [-0.3, -0.25) is 0 Å². The van der Waals surface area contributed by atoms with Crippen molar-refractivity contribution >= 4 is 17.5 Å². The van der Waals surface area contributed by atoms with Gasteiger partial charge in [-0.15, -0.1) is 11.6 Å². The molecule has 5 nitrogen and oxygen atoms in total. The number of piperidine rings is 1. The highest BCUT2D eigenvalue weighted by Crippen LogP contribution is 2.23. The second-order valence-corrected chi connectivity index (χ2v) is 5.14. The third-order valence-corrected chi connectivity index (χ3v) is 3.91. The molecule has 0 bridgehead atoms. The second kappa shape index (κ2) is 5.57. The molecule has 0 radical (unpaired) electrons. The average Bonchev–Trinajstić information content (AvgIpc) is 2.98. The number of anilines is 1. The van der Waals surface area contributed by atoms with Gasteiger partial charge in [0.15, 0.2) is 0 Å². The number of nitrogens with zero attached hydrogens (tertiary/aromatic N) is 5. The predicted molar refractivity (Wildman–Crippen MR) is 74.8 cm³/mol. The Balaban J connectivity index is 1.88. The van der Waals surface area contributed by atoms with Crippen LogP contribution in [-0.4, -0.2) is 39.2 Å². The first-order valence-electron chi connectivity index (χ1n) is 6.53. The summed E-state index contributed by atoms with van der Waals surface area (Å²) in [7, 11) is 0. The van der Waals surface area contributed by atoms with Gasteiger partial charge in [0.25, 0.3) is 0 Å². The molecule has 0 amide bonds. The first-order chi connectivity index (χ1) is 9.38. The van der Waals surface area contributed by atoms with Crippen LogP contribution in [0, 0.1) is 5.92 Å². The van der Waals surface area contributed by atoms with Crippen LogP contribution in [0.15, 0.2) is 30.3 Å². The van der Waals surface area contributed by atoms with Gasteiger partial charge in [-0.1, -0.05) is 23.3 Å². The van der Waals surface area contributed by atoms with Gasteiger partial charge in [-0.05, 0) is 41.3 Å². The predicted octanol–water partition coefficient (Wildman–Crippen LogP) is 2.12. The molecule has 0 N–H and O–H groups in total. The quantitative estimate of drug-likeness (QED) is 0.807. The van der Waals surface area contributed by atoms with Crippen LogP contribution in [0.25, 0.3) is 5.69 Å². The van der Waals surface area contributed by atoms with Gasteiger partial charge in [0, 0.05) is 19.0 Å². The van der Waals surface area contributed by atoms with Crippen molar-refractivity contribution in [3.8, 4) is 5.69 Å². The zero-order valence-corrected chi connectivity index (χ0v) is 11.4. The van der Waals surface area contributed by atoms with Crippen molar-refractivity contribution in [3.05, 3.63) is 30.3 Å². The Kier molecular flexibility index (Phi) is 3.64. The number of benzene rings is 1. The molecule has 1 aliphatic heterocycles. The number of tetrazole rings is 1. The van der Waals surface area contributed by atoms with Gasteiger partial charge < -0.3 is 4.90 Å². The molecule has 1 saturated heterocycles. The number of rotatable bonds is 3. The summed E-state index contributed by atoms with van der Waals surface area (Å²) in [5, 5.41) is 12.1. The van der Waals surface area contributed by atoms with Crippen molar-refractivity contribution in [2.75, 3.05) is 23.9 Å². The highest BCUT2D eigenvalue weighted by Gasteiger charge is 2.23. The number of para-hydroxylation sites is 1. The molecule has 1 fully saturated rings. The fraction of sp³-hybridized carbons (Fsp3) is 0.462. The molecule has 1 aromatic heterocycles. The number of alkyl halides is 1. The Labute approximate surface area is 117 Å². The number of halogens is 1. The molecule has 1 atom stereocenters. The smallest absolute Gasteiger partial charge is 0.250 e. The van der Waals surface area contributed by atoms with E-state index in [1.807, 2.05) is 30.3 Å². The largest absolute Gasteiger partial charge is 0.339 e. The fourth-order valence-corrected chi connectivity index (χ4v) is 2.74. The van der Waals surface area contributed by atoms with Crippen LogP contribution in [-0.2, 0) is 0 Å². The number of hydrogen-bond acceptors (Lipinski definition) is 4. The van der Waals surface area contributed by atoms with Crippen molar-refractivity contribution in [2.45, 2.75) is 12.8 Å². The highest BCUT2D eigenvalue weighted by molar-refractivity contribution is 6.18. The molecule has 19 heavy (non-hydrogen) atoms. The Morgan fingerprint density at radius 2 is 2.11 bits per heavy atom. The minimum absolute atomic E-state index is 0.524. The highest BCUT2D eigenvalue weighted by atomic mass is 35.5. The Morgan fingerprint density at radius 3 is 2.89 bits per heavy atom. The van der Waals surface area contributed by atoms with Gasteiger partial charge in [0.2, 0.25) is 5.95 Å². The zero-order chi connectivity index (χ0) is 13.1. The molecule has 0 saturated carbocycles. The van der Waals surface area contributed by atoms with Gasteiger partial charge in [-0.25, -0.2) is 0 Å². The van der Waals surface area contributed by atoms with E-state index in [2.05, 4.69) is 20.4 Å². The van der Waals surface area contributed by atoms with E-state index >= 15 is 0 Å². The van der Waals surface area contributed by atoms with Gasteiger partial charge in [0.1, 0.15) is 0 Å². The molecule has 100 valence electrons. The molecule has 0 aliphatic carbocycles. The Bertz CT molecular complexity index is 527. The summed E-state index contributed by atoms with van der Waals surface area (Å²) in [6.45, 7) is 1.91. The summed E-state index contributed by atoms with van der Waals surface area (Å²) in [5.41, 5.74) is 0.982. The summed E-state index contributed by atoms with van der Waals surface area (Å²) >= 11 is 5.98. The molecule has 6 heteroatoms. The molecule has 3 rings (SSSR count). The third-order valence-electron chi connectivity index (χ3n) is 3.47. The van der Waals surface area contributed by atoms with Crippen molar-refractivity contribution in [1.29, 1.82) is 0 Å². The lowest BCUT2D eigenvalue weighted by molar-refractivity contribution is 0.444. The van der Waals surface area contributed by atoms with Crippen LogP contribution in [0.5, 0.6) is 0 Å². The van der Waals surface area contributed by atoms with Crippen molar-refractivity contribution < 1.29 is 0 Å². The summed E-state index contributed by atoms with van der Waals surface area (Å²) in [6, 6.07) is 9.96. The summed E-state index contributed by atoms with van der Waals surface area (Å²) in [5.74, 6) is 2.03. The lowest BCUT2D eigenvalue weighted by atomic mass is 10.0. The van der Waals surface area contributed by atoms with Crippen molar-refractivity contribution in [1.82, 2.24) is 20.2 Å². The Hall–Kier alpha value is -1.62. The lowest BCUT2D eigenvalue weighted by Gasteiger charge is -2.31. The maximum absolute atomic E-state index is 5.98. The average molecular weight is 278 g/mol. The minimum atomic E-state index is 0.524. The van der Waals surface area contributed by atoms with E-state index in [4.69, 9.17) is 11.6 Å². The van der Waals surface area contributed by atoms with Gasteiger partial charge in [-0.2, -0.15) is 4.68 Å². The van der Waals surface area contributed by atoms with E-state index in [0.717, 1.165) is 31.1 Å². The van der Waals surface area contributed by atoms with E-state index < -0.39 is 0 Å². The van der Waals surface area contributed by atoms with Gasteiger partial charge in [0.05, 0.1) is 5.69 Å². The number of hydrogen-bond donors (Lipinski definition) is 0. The van der Waals surface area contributed by atoms with Crippen LogP contribution in [0.4, 0.5) is 5.95 Å². The molecule has 1 aliphatic rings. The lowest BCUT2D eigenvalue weighted by Crippen LogP contribution is -2.37. The van der Waals surface area contributed by atoms with Crippen molar-refractivity contribution in [3.63, 3.8) is 0 Å². The first kappa shape index (κ1) is 12.4. The monoisotopic (exact) mass is 277 g/mol. The molecule has 2 heterocycles. The molecule has 0 spiro atoms. The van der Waals surface area contributed by atoms with E-state index in [9.17, 15) is 0 Å². The maximum atomic E-state index is 5.98. The van der Waals surface area contributed by atoms with Crippen LogP contribution >= 0.6 is 11.6 Å². The van der Waals surface area contributed by atoms with Crippen LogP contribution in [0.1, 0.15) is 12.8 Å². The minimum Gasteiger partial charge on any atom is -0.339 e. The van der Waals surface area contributed by atoms with Crippen LogP contribution in [0.2, 0.25) is 0 Å². The molecule has 2 aromatic rings. The number of aromatic nitrogens is 4. The third kappa shape index (κ3) is 2.56. The van der Waals surface area contributed by atoms with Crippen LogP contribution in [0.3, 0.4) is 0 Å². The second-order valence-electron chi connectivity index (χ2n) is 4.83. The van der Waals surface area contributed by atoms with E-state index in [-0.39, 0.29) is 0 Å². The van der Waals surface area contributed by atoms with E-state index in [1.54, 1.807) is 4.68 Å². The van der Waals surface area contributed by atoms with Crippen molar-refractivity contribution in [2.24, 2.45) is 5.92 Å². The topological polar surface area (TPSA) is 46.8 Å². The zero-order valence-electron chi connectivity index (χ0n) is 10.6. The van der Waals surface area contributed by atoms with Crippen LogP contribution < -0.4 is 4.90 Å². The molecular weight excluding hydrogens is 262 g/mol. The molecular formula is C13H16ClN5. The maximum Gasteiger partial charge on any atom is 0.250 e. The summed E-state index contributed by atoms with van der Waals surface area (Å²) < 4.78 is 1.79. The fourth-order valence-electron chi connectivity index (χ4n) is 2.49. The normalized spacial score (nSPS) is 19.6. The SMILES string of the molecule is ClCC1CCCN(c2nnnn2-c2ccccc2)C1. The van der Waals surface area contributed by atoms with E-state index in [1.165, 1.54) is 6.42 Å².